The highest BCUT2D eigenvalue weighted by Gasteiger charge is 2.05. The van der Waals surface area contributed by atoms with E-state index in [-0.39, 0.29) is 0 Å². The highest BCUT2D eigenvalue weighted by Crippen LogP contribution is 2.15. The number of ether oxygens (including phenoxy) is 1. The van der Waals surface area contributed by atoms with Crippen LogP contribution in [0, 0.1) is 0 Å². The van der Waals surface area contributed by atoms with Gasteiger partial charge in [0.1, 0.15) is 12.4 Å². The Kier molecular flexibility index (Phi) is 8.90. The van der Waals surface area contributed by atoms with Crippen molar-refractivity contribution < 1.29 is 4.74 Å². The van der Waals surface area contributed by atoms with Crippen LogP contribution in [0.4, 0.5) is 0 Å². The molecule has 2 rings (SSSR count). The van der Waals surface area contributed by atoms with Crippen molar-refractivity contribution in [2.45, 2.75) is 32.9 Å². The van der Waals surface area contributed by atoms with Gasteiger partial charge in [-0.05, 0) is 49.6 Å². The van der Waals surface area contributed by atoms with E-state index in [4.69, 9.17) is 9.73 Å². The van der Waals surface area contributed by atoms with Gasteiger partial charge in [0.15, 0.2) is 5.96 Å². The maximum Gasteiger partial charge on any atom is 0.193 e. The van der Waals surface area contributed by atoms with E-state index in [2.05, 4.69) is 41.8 Å². The van der Waals surface area contributed by atoms with E-state index >= 15 is 0 Å². The van der Waals surface area contributed by atoms with Crippen molar-refractivity contribution in [2.75, 3.05) is 20.1 Å². The Balaban J connectivity index is 1.95. The molecule has 1 aromatic heterocycles. The third kappa shape index (κ3) is 7.52. The molecule has 1 heterocycles. The summed E-state index contributed by atoms with van der Waals surface area (Å²) in [5, 5.41) is 3.35. The topological polar surface area (TPSA) is 49.8 Å². The molecule has 0 aliphatic carbocycles. The van der Waals surface area contributed by atoms with Gasteiger partial charge in [-0.3, -0.25) is 4.98 Å². The second-order valence-corrected chi connectivity index (χ2v) is 6.28. The van der Waals surface area contributed by atoms with Crippen LogP contribution in [0.25, 0.3) is 0 Å². The SMILES string of the molecule is C=CCCCN(C)C(=NCc1cccc(OCc2ccccn2)c1)NCC. The van der Waals surface area contributed by atoms with Gasteiger partial charge in [-0.1, -0.05) is 24.3 Å². The fraction of sp³-hybridized carbons (Fsp3) is 0.364. The van der Waals surface area contributed by atoms with Gasteiger partial charge in [0.2, 0.25) is 0 Å². The number of nitrogens with zero attached hydrogens (tertiary/aromatic N) is 3. The third-order valence-electron chi connectivity index (χ3n) is 4.02. The summed E-state index contributed by atoms with van der Waals surface area (Å²) >= 11 is 0. The van der Waals surface area contributed by atoms with Crippen LogP contribution in [-0.2, 0) is 13.2 Å². The van der Waals surface area contributed by atoms with Crippen LogP contribution in [0.15, 0.2) is 66.3 Å². The Bertz CT molecular complexity index is 715. The maximum atomic E-state index is 5.85. The summed E-state index contributed by atoms with van der Waals surface area (Å²) < 4.78 is 5.85. The Hall–Kier alpha value is -2.82. The number of aliphatic imine (C=N–C) groups is 1. The number of nitrogens with one attached hydrogen (secondary N) is 1. The average molecular weight is 367 g/mol. The average Bonchev–Trinajstić information content (AvgIpc) is 2.71. The Morgan fingerprint density at radius 2 is 2.19 bits per heavy atom. The van der Waals surface area contributed by atoms with Gasteiger partial charge in [-0.15, -0.1) is 6.58 Å². The van der Waals surface area contributed by atoms with Crippen molar-refractivity contribution in [3.05, 3.63) is 72.6 Å². The lowest BCUT2D eigenvalue weighted by Gasteiger charge is -2.21. The van der Waals surface area contributed by atoms with Crippen molar-refractivity contribution in [3.8, 4) is 5.75 Å². The first-order chi connectivity index (χ1) is 13.2. The molecule has 0 unspecified atom stereocenters. The van der Waals surface area contributed by atoms with Crippen molar-refractivity contribution in [1.29, 1.82) is 0 Å². The molecule has 2 aromatic rings. The number of unbranched alkanes of at least 4 members (excludes halogenated alkanes) is 1. The van der Waals surface area contributed by atoms with E-state index in [1.54, 1.807) is 6.20 Å². The number of hydrogen-bond acceptors (Lipinski definition) is 3. The molecule has 0 spiro atoms. The predicted octanol–water partition coefficient (Wildman–Crippen LogP) is 4.02. The van der Waals surface area contributed by atoms with E-state index in [1.165, 1.54) is 0 Å². The van der Waals surface area contributed by atoms with Crippen LogP contribution >= 0.6 is 0 Å². The van der Waals surface area contributed by atoms with Crippen LogP contribution in [0.5, 0.6) is 5.75 Å². The third-order valence-corrected chi connectivity index (χ3v) is 4.02. The molecule has 0 fully saturated rings. The second-order valence-electron chi connectivity index (χ2n) is 6.28. The van der Waals surface area contributed by atoms with Crippen molar-refractivity contribution in [1.82, 2.24) is 15.2 Å². The molecule has 5 heteroatoms. The van der Waals surface area contributed by atoms with E-state index in [0.717, 1.165) is 48.9 Å². The Morgan fingerprint density at radius 1 is 1.30 bits per heavy atom. The molecule has 0 bridgehead atoms. The highest BCUT2D eigenvalue weighted by molar-refractivity contribution is 5.79. The number of hydrogen-bond donors (Lipinski definition) is 1. The summed E-state index contributed by atoms with van der Waals surface area (Å²) in [5.41, 5.74) is 2.03. The first kappa shape index (κ1) is 20.5. The fourth-order valence-corrected chi connectivity index (χ4v) is 2.59. The molecule has 1 N–H and O–H groups in total. The lowest BCUT2D eigenvalue weighted by Crippen LogP contribution is -2.39. The van der Waals surface area contributed by atoms with Crippen LogP contribution in [0.2, 0.25) is 0 Å². The minimum absolute atomic E-state index is 0.461. The smallest absolute Gasteiger partial charge is 0.193 e. The molecule has 0 radical (unpaired) electrons. The number of aromatic nitrogens is 1. The zero-order chi connectivity index (χ0) is 19.3. The number of allylic oxidation sites excluding steroid dienone is 1. The zero-order valence-corrected chi connectivity index (χ0v) is 16.4. The summed E-state index contributed by atoms with van der Waals surface area (Å²) in [6, 6.07) is 13.9. The molecule has 1 aromatic carbocycles. The normalized spacial score (nSPS) is 11.1. The fourth-order valence-electron chi connectivity index (χ4n) is 2.59. The van der Waals surface area contributed by atoms with Crippen molar-refractivity contribution >= 4 is 5.96 Å². The molecule has 27 heavy (non-hydrogen) atoms. The van der Waals surface area contributed by atoms with Gasteiger partial charge in [0, 0.05) is 26.3 Å². The van der Waals surface area contributed by atoms with Crippen LogP contribution in [0.1, 0.15) is 31.0 Å². The monoisotopic (exact) mass is 366 g/mol. The van der Waals surface area contributed by atoms with Gasteiger partial charge in [-0.25, -0.2) is 4.99 Å². The van der Waals surface area contributed by atoms with E-state index in [1.807, 2.05) is 42.5 Å². The molecule has 0 aliphatic heterocycles. The number of rotatable bonds is 10. The number of benzene rings is 1. The van der Waals surface area contributed by atoms with Gasteiger partial charge >= 0.3 is 0 Å². The van der Waals surface area contributed by atoms with Crippen molar-refractivity contribution in [2.24, 2.45) is 4.99 Å². The first-order valence-electron chi connectivity index (χ1n) is 9.45. The van der Waals surface area contributed by atoms with Crippen LogP contribution < -0.4 is 10.1 Å². The minimum Gasteiger partial charge on any atom is -0.487 e. The summed E-state index contributed by atoms with van der Waals surface area (Å²) in [7, 11) is 2.07. The molecule has 0 aliphatic rings. The van der Waals surface area contributed by atoms with Crippen molar-refractivity contribution in [3.63, 3.8) is 0 Å². The zero-order valence-electron chi connectivity index (χ0n) is 16.4. The maximum absolute atomic E-state index is 5.85. The molecule has 0 atom stereocenters. The molecular weight excluding hydrogens is 336 g/mol. The second kappa shape index (κ2) is 11.7. The summed E-state index contributed by atoms with van der Waals surface area (Å²) in [6.45, 7) is 8.72. The molecule has 0 amide bonds. The predicted molar refractivity (Wildman–Crippen MR) is 112 cm³/mol. The van der Waals surface area contributed by atoms with Crippen LogP contribution in [0.3, 0.4) is 0 Å². The summed E-state index contributed by atoms with van der Waals surface area (Å²) in [4.78, 5) is 11.2. The first-order valence-corrected chi connectivity index (χ1v) is 9.45. The molecule has 144 valence electrons. The standard InChI is InChI=1S/C22H30N4O/c1-4-6-9-15-26(3)22(23-5-2)25-17-19-11-10-13-21(16-19)27-18-20-12-7-8-14-24-20/h4,7-8,10-14,16H,1,5-6,9,15,17-18H2,2-3H3,(H,23,25). The molecular formula is C22H30N4O. The summed E-state index contributed by atoms with van der Waals surface area (Å²) in [5.74, 6) is 1.75. The highest BCUT2D eigenvalue weighted by atomic mass is 16.5. The Labute approximate surface area is 162 Å². The number of guanidine groups is 1. The lowest BCUT2D eigenvalue weighted by molar-refractivity contribution is 0.301. The van der Waals surface area contributed by atoms with E-state index < -0.39 is 0 Å². The summed E-state index contributed by atoms with van der Waals surface area (Å²) in [6.07, 6.45) is 5.81. The molecule has 5 nitrogen and oxygen atoms in total. The van der Waals surface area contributed by atoms with Gasteiger partial charge < -0.3 is 15.0 Å². The Morgan fingerprint density at radius 3 is 2.93 bits per heavy atom. The largest absolute Gasteiger partial charge is 0.487 e. The quantitative estimate of drug-likeness (QED) is 0.299. The lowest BCUT2D eigenvalue weighted by atomic mass is 10.2. The van der Waals surface area contributed by atoms with Gasteiger partial charge in [0.25, 0.3) is 0 Å². The minimum atomic E-state index is 0.461. The van der Waals surface area contributed by atoms with Gasteiger partial charge in [0.05, 0.1) is 12.2 Å². The number of pyridine rings is 1. The van der Waals surface area contributed by atoms with Crippen LogP contribution in [-0.4, -0.2) is 36.0 Å². The van der Waals surface area contributed by atoms with E-state index in [9.17, 15) is 0 Å². The molecule has 0 saturated heterocycles. The molecule has 0 saturated carbocycles. The van der Waals surface area contributed by atoms with Gasteiger partial charge in [-0.2, -0.15) is 0 Å². The van der Waals surface area contributed by atoms with E-state index in [0.29, 0.717) is 13.2 Å².